The van der Waals surface area contributed by atoms with Crippen molar-refractivity contribution in [3.63, 3.8) is 0 Å². The second kappa shape index (κ2) is 6.36. The van der Waals surface area contributed by atoms with Gasteiger partial charge in [0.05, 0.1) is 0 Å². The average Bonchev–Trinajstić information content (AvgIpc) is 2.74. The van der Waals surface area contributed by atoms with E-state index in [2.05, 4.69) is 51.1 Å². The molecule has 0 radical (unpaired) electrons. The maximum Gasteiger partial charge on any atom is 0.0128 e. The topological polar surface area (TPSA) is 26.0 Å². The minimum absolute atomic E-state index is 0.213. The molecule has 1 heterocycles. The molecule has 0 amide bonds. The fourth-order valence-electron chi connectivity index (χ4n) is 2.54. The van der Waals surface area contributed by atoms with Crippen molar-refractivity contribution in [1.82, 2.24) is 0 Å². The molecule has 1 aromatic heterocycles. The molecule has 2 N–H and O–H groups in total. The van der Waals surface area contributed by atoms with Crippen LogP contribution in [-0.2, 0) is 19.3 Å². The highest BCUT2D eigenvalue weighted by Crippen LogP contribution is 2.19. The van der Waals surface area contributed by atoms with E-state index >= 15 is 0 Å². The highest BCUT2D eigenvalue weighted by atomic mass is 32.1. The van der Waals surface area contributed by atoms with Crippen LogP contribution in [0.1, 0.15) is 33.4 Å². The molecular weight excluding hydrogens is 250 g/mol. The van der Waals surface area contributed by atoms with Crippen LogP contribution < -0.4 is 5.73 Å². The van der Waals surface area contributed by atoms with Gasteiger partial charge in [-0.05, 0) is 50.8 Å². The Bertz CT molecular complexity index is 522. The van der Waals surface area contributed by atoms with Crippen LogP contribution in [0.2, 0.25) is 0 Å². The number of hydrogen-bond donors (Lipinski definition) is 1. The van der Waals surface area contributed by atoms with E-state index in [4.69, 9.17) is 5.73 Å². The summed E-state index contributed by atoms with van der Waals surface area (Å²) in [5.74, 6) is 0. The smallest absolute Gasteiger partial charge is 0.0128 e. The summed E-state index contributed by atoms with van der Waals surface area (Å²) in [5, 5.41) is 0. The summed E-state index contributed by atoms with van der Waals surface area (Å²) in [5.41, 5.74) is 10.3. The van der Waals surface area contributed by atoms with Crippen LogP contribution in [-0.4, -0.2) is 6.04 Å². The van der Waals surface area contributed by atoms with E-state index in [-0.39, 0.29) is 6.04 Å². The Kier molecular flexibility index (Phi) is 4.78. The van der Waals surface area contributed by atoms with E-state index in [1.165, 1.54) is 26.4 Å². The molecule has 0 aliphatic carbocycles. The second-order valence-electron chi connectivity index (χ2n) is 5.39. The van der Waals surface area contributed by atoms with Crippen LogP contribution in [0.4, 0.5) is 0 Å². The second-order valence-corrected chi connectivity index (χ2v) is 6.64. The normalized spacial score (nSPS) is 12.6. The van der Waals surface area contributed by atoms with Gasteiger partial charge in [-0.15, -0.1) is 11.3 Å². The molecule has 0 spiro atoms. The van der Waals surface area contributed by atoms with Gasteiger partial charge in [-0.1, -0.05) is 36.2 Å². The molecule has 0 aliphatic rings. The molecule has 0 bridgehead atoms. The number of nitrogens with two attached hydrogens (primary N) is 1. The van der Waals surface area contributed by atoms with Crippen molar-refractivity contribution < 1.29 is 0 Å². The molecule has 2 heteroatoms. The van der Waals surface area contributed by atoms with Crippen molar-refractivity contribution in [2.75, 3.05) is 0 Å². The Morgan fingerprint density at radius 3 is 2.21 bits per heavy atom. The molecule has 0 fully saturated rings. The standard InChI is InChI=1S/C17H23NS/c1-4-16-5-6-17(19-16)11-15(18)10-14-8-12(2)7-13(3)9-14/h5-9,15H,4,10-11,18H2,1-3H3. The predicted molar refractivity (Wildman–Crippen MR) is 85.0 cm³/mol. The summed E-state index contributed by atoms with van der Waals surface area (Å²) in [6.45, 7) is 6.49. The quantitative estimate of drug-likeness (QED) is 0.874. The van der Waals surface area contributed by atoms with Crippen molar-refractivity contribution >= 4 is 11.3 Å². The van der Waals surface area contributed by atoms with Crippen LogP contribution in [0.5, 0.6) is 0 Å². The third-order valence-corrected chi connectivity index (χ3v) is 4.56. The van der Waals surface area contributed by atoms with E-state index in [1.54, 1.807) is 0 Å². The highest BCUT2D eigenvalue weighted by molar-refractivity contribution is 7.11. The molecule has 19 heavy (non-hydrogen) atoms. The van der Waals surface area contributed by atoms with Gasteiger partial charge in [0.15, 0.2) is 0 Å². The molecule has 1 nitrogen and oxygen atoms in total. The third kappa shape index (κ3) is 4.19. The van der Waals surface area contributed by atoms with Crippen molar-refractivity contribution in [2.24, 2.45) is 5.73 Å². The maximum absolute atomic E-state index is 6.30. The fourth-order valence-corrected chi connectivity index (χ4v) is 3.59. The number of rotatable bonds is 5. The predicted octanol–water partition coefficient (Wildman–Crippen LogP) is 4.04. The number of aryl methyl sites for hydroxylation is 3. The van der Waals surface area contributed by atoms with Crippen LogP contribution >= 0.6 is 11.3 Å². The summed E-state index contributed by atoms with van der Waals surface area (Å²) in [7, 11) is 0. The van der Waals surface area contributed by atoms with Gasteiger partial charge >= 0.3 is 0 Å². The summed E-state index contributed by atoms with van der Waals surface area (Å²) in [6.07, 6.45) is 3.07. The molecule has 2 rings (SSSR count). The van der Waals surface area contributed by atoms with Crippen molar-refractivity contribution in [3.05, 3.63) is 56.8 Å². The average molecular weight is 273 g/mol. The van der Waals surface area contributed by atoms with E-state index in [1.807, 2.05) is 11.3 Å². The number of thiophene rings is 1. The van der Waals surface area contributed by atoms with E-state index in [9.17, 15) is 0 Å². The zero-order valence-corrected chi connectivity index (χ0v) is 12.9. The van der Waals surface area contributed by atoms with E-state index < -0.39 is 0 Å². The zero-order valence-electron chi connectivity index (χ0n) is 12.1. The lowest BCUT2D eigenvalue weighted by molar-refractivity contribution is 0.670. The molecule has 0 saturated heterocycles. The molecule has 1 atom stereocenters. The summed E-state index contributed by atoms with van der Waals surface area (Å²) in [6, 6.07) is 11.4. The minimum Gasteiger partial charge on any atom is -0.327 e. The Morgan fingerprint density at radius 1 is 1.00 bits per heavy atom. The molecule has 102 valence electrons. The number of hydrogen-bond acceptors (Lipinski definition) is 2. The molecule has 0 aliphatic heterocycles. The van der Waals surface area contributed by atoms with Gasteiger partial charge in [0, 0.05) is 15.8 Å². The molecule has 1 unspecified atom stereocenters. The first-order valence-electron chi connectivity index (χ1n) is 6.97. The fraction of sp³-hybridized carbons (Fsp3) is 0.412. The maximum atomic E-state index is 6.30. The van der Waals surface area contributed by atoms with Gasteiger partial charge < -0.3 is 5.73 Å². The molecule has 0 saturated carbocycles. The lowest BCUT2D eigenvalue weighted by Crippen LogP contribution is -2.25. The van der Waals surface area contributed by atoms with Crippen molar-refractivity contribution in [1.29, 1.82) is 0 Å². The zero-order chi connectivity index (χ0) is 13.8. The van der Waals surface area contributed by atoms with Crippen LogP contribution in [0, 0.1) is 13.8 Å². The third-order valence-electron chi connectivity index (χ3n) is 3.31. The SMILES string of the molecule is CCc1ccc(CC(N)Cc2cc(C)cc(C)c2)s1. The van der Waals surface area contributed by atoms with Crippen LogP contribution in [0.3, 0.4) is 0 Å². The first-order chi connectivity index (χ1) is 9.06. The van der Waals surface area contributed by atoms with Gasteiger partial charge in [0.1, 0.15) is 0 Å². The van der Waals surface area contributed by atoms with Crippen molar-refractivity contribution in [2.45, 2.75) is 46.1 Å². The van der Waals surface area contributed by atoms with Crippen molar-refractivity contribution in [3.8, 4) is 0 Å². The van der Waals surface area contributed by atoms with Gasteiger partial charge in [0.25, 0.3) is 0 Å². The Hall–Kier alpha value is -1.12. The number of benzene rings is 1. The summed E-state index contributed by atoms with van der Waals surface area (Å²) < 4.78 is 0. The summed E-state index contributed by atoms with van der Waals surface area (Å²) in [4.78, 5) is 2.86. The summed E-state index contributed by atoms with van der Waals surface area (Å²) >= 11 is 1.90. The highest BCUT2D eigenvalue weighted by Gasteiger charge is 2.08. The van der Waals surface area contributed by atoms with Crippen LogP contribution in [0.15, 0.2) is 30.3 Å². The molecular formula is C17H23NS. The van der Waals surface area contributed by atoms with E-state index in [0.29, 0.717) is 0 Å². The largest absolute Gasteiger partial charge is 0.327 e. The van der Waals surface area contributed by atoms with Gasteiger partial charge in [0.2, 0.25) is 0 Å². The first kappa shape index (κ1) is 14.3. The van der Waals surface area contributed by atoms with Gasteiger partial charge in [-0.2, -0.15) is 0 Å². The van der Waals surface area contributed by atoms with E-state index in [0.717, 1.165) is 19.3 Å². The van der Waals surface area contributed by atoms with Gasteiger partial charge in [-0.25, -0.2) is 0 Å². The molecule has 1 aromatic carbocycles. The Balaban J connectivity index is 1.98. The monoisotopic (exact) mass is 273 g/mol. The Morgan fingerprint density at radius 2 is 1.63 bits per heavy atom. The first-order valence-corrected chi connectivity index (χ1v) is 7.79. The van der Waals surface area contributed by atoms with Gasteiger partial charge in [-0.3, -0.25) is 0 Å². The Labute approximate surface area is 120 Å². The lowest BCUT2D eigenvalue weighted by Gasteiger charge is -2.12. The minimum atomic E-state index is 0.213. The molecule has 2 aromatic rings. The van der Waals surface area contributed by atoms with Crippen LogP contribution in [0.25, 0.3) is 0 Å². The lowest BCUT2D eigenvalue weighted by atomic mass is 10.00.